The molecule has 31 heavy (non-hydrogen) atoms. The molecule has 0 unspecified atom stereocenters. The van der Waals surface area contributed by atoms with Crippen LogP contribution < -0.4 is 10.2 Å². The summed E-state index contributed by atoms with van der Waals surface area (Å²) in [6.45, 7) is 2.32. The van der Waals surface area contributed by atoms with Crippen molar-refractivity contribution in [3.63, 3.8) is 0 Å². The Kier molecular flexibility index (Phi) is 6.50. The lowest BCUT2D eigenvalue weighted by molar-refractivity contribution is 0.0958. The molecule has 5 nitrogen and oxygen atoms in total. The minimum Gasteiger partial charge on any atom is -0.489 e. The van der Waals surface area contributed by atoms with Gasteiger partial charge in [0.1, 0.15) is 22.2 Å². The standard InChI is InChI=1S/C25H21N3O2S/c1-18-23(31-25(27-18)21-12-6-3-7-13-21)24(29)28-26-16-20-11-8-14-22(15-20)30-17-19-9-4-2-5-10-19/h2-16H,17H2,1H3,(H,28,29)/b26-16+. The van der Waals surface area contributed by atoms with Crippen molar-refractivity contribution < 1.29 is 9.53 Å². The van der Waals surface area contributed by atoms with Gasteiger partial charge < -0.3 is 4.74 Å². The van der Waals surface area contributed by atoms with Crippen LogP contribution in [0, 0.1) is 6.92 Å². The van der Waals surface area contributed by atoms with E-state index >= 15 is 0 Å². The van der Waals surface area contributed by atoms with Crippen molar-refractivity contribution in [3.8, 4) is 16.3 Å². The van der Waals surface area contributed by atoms with Gasteiger partial charge in [-0.15, -0.1) is 11.3 Å². The lowest BCUT2D eigenvalue weighted by Crippen LogP contribution is -2.17. The molecule has 0 aliphatic carbocycles. The van der Waals surface area contributed by atoms with Crippen molar-refractivity contribution >= 4 is 23.5 Å². The summed E-state index contributed by atoms with van der Waals surface area (Å²) in [5.41, 5.74) is 6.20. The quantitative estimate of drug-likeness (QED) is 0.315. The largest absolute Gasteiger partial charge is 0.489 e. The van der Waals surface area contributed by atoms with Crippen molar-refractivity contribution in [1.29, 1.82) is 0 Å². The highest BCUT2D eigenvalue weighted by molar-refractivity contribution is 7.17. The molecule has 0 saturated heterocycles. The van der Waals surface area contributed by atoms with Gasteiger partial charge in [-0.1, -0.05) is 72.8 Å². The first-order chi connectivity index (χ1) is 15.2. The van der Waals surface area contributed by atoms with Gasteiger partial charge in [-0.05, 0) is 30.2 Å². The fourth-order valence-electron chi connectivity index (χ4n) is 2.95. The van der Waals surface area contributed by atoms with Crippen LogP contribution in [0.1, 0.15) is 26.5 Å². The number of thiazole rings is 1. The van der Waals surface area contributed by atoms with E-state index in [1.54, 1.807) is 6.21 Å². The molecular formula is C25H21N3O2S. The number of hydrogen-bond acceptors (Lipinski definition) is 5. The van der Waals surface area contributed by atoms with Crippen LogP contribution in [0.3, 0.4) is 0 Å². The van der Waals surface area contributed by atoms with Crippen molar-refractivity contribution in [1.82, 2.24) is 10.4 Å². The van der Waals surface area contributed by atoms with Crippen LogP contribution in [0.2, 0.25) is 0 Å². The van der Waals surface area contributed by atoms with E-state index in [-0.39, 0.29) is 5.91 Å². The summed E-state index contributed by atoms with van der Waals surface area (Å²) < 4.78 is 5.83. The molecule has 0 atom stereocenters. The maximum atomic E-state index is 12.5. The first-order valence-electron chi connectivity index (χ1n) is 9.82. The highest BCUT2D eigenvalue weighted by atomic mass is 32.1. The van der Waals surface area contributed by atoms with E-state index in [9.17, 15) is 4.79 Å². The number of hydrogen-bond donors (Lipinski definition) is 1. The molecule has 0 radical (unpaired) electrons. The van der Waals surface area contributed by atoms with Gasteiger partial charge in [-0.3, -0.25) is 4.79 Å². The van der Waals surface area contributed by atoms with E-state index in [0.717, 1.165) is 27.4 Å². The first-order valence-corrected chi connectivity index (χ1v) is 10.6. The third-order valence-corrected chi connectivity index (χ3v) is 5.71. The molecule has 4 rings (SSSR count). The molecule has 1 N–H and O–H groups in total. The smallest absolute Gasteiger partial charge is 0.283 e. The zero-order chi connectivity index (χ0) is 21.5. The van der Waals surface area contributed by atoms with E-state index in [4.69, 9.17) is 4.74 Å². The molecule has 1 amide bonds. The number of carbonyl (C=O) groups excluding carboxylic acids is 1. The van der Waals surface area contributed by atoms with Crippen molar-refractivity contribution in [2.45, 2.75) is 13.5 Å². The van der Waals surface area contributed by atoms with E-state index in [1.165, 1.54) is 11.3 Å². The summed E-state index contributed by atoms with van der Waals surface area (Å²) >= 11 is 1.36. The highest BCUT2D eigenvalue weighted by Crippen LogP contribution is 2.27. The van der Waals surface area contributed by atoms with Gasteiger partial charge >= 0.3 is 0 Å². The Labute approximate surface area is 185 Å². The number of carbonyl (C=O) groups is 1. The molecule has 154 valence electrons. The number of nitrogens with one attached hydrogen (secondary N) is 1. The van der Waals surface area contributed by atoms with Crippen molar-refractivity contribution in [2.24, 2.45) is 5.10 Å². The number of aromatic nitrogens is 1. The summed E-state index contributed by atoms with van der Waals surface area (Å²) in [6, 6.07) is 27.4. The summed E-state index contributed by atoms with van der Waals surface area (Å²) in [5, 5.41) is 4.91. The molecule has 1 aromatic heterocycles. The highest BCUT2D eigenvalue weighted by Gasteiger charge is 2.15. The number of ether oxygens (including phenoxy) is 1. The summed E-state index contributed by atoms with van der Waals surface area (Å²) in [5.74, 6) is 0.467. The summed E-state index contributed by atoms with van der Waals surface area (Å²) in [7, 11) is 0. The van der Waals surface area contributed by atoms with Gasteiger partial charge in [0.05, 0.1) is 11.9 Å². The number of benzene rings is 3. The zero-order valence-corrected chi connectivity index (χ0v) is 17.8. The number of nitrogens with zero attached hydrogens (tertiary/aromatic N) is 2. The third kappa shape index (κ3) is 5.43. The second-order valence-corrected chi connectivity index (χ2v) is 7.84. The van der Waals surface area contributed by atoms with E-state index in [2.05, 4.69) is 15.5 Å². The molecule has 0 saturated carbocycles. The van der Waals surface area contributed by atoms with Crippen LogP contribution >= 0.6 is 11.3 Å². The third-order valence-electron chi connectivity index (χ3n) is 4.51. The summed E-state index contributed by atoms with van der Waals surface area (Å²) in [6.07, 6.45) is 1.60. The fourth-order valence-corrected chi connectivity index (χ4v) is 3.91. The normalized spacial score (nSPS) is 10.9. The van der Waals surface area contributed by atoms with E-state index < -0.39 is 0 Å². The van der Waals surface area contributed by atoms with E-state index in [1.807, 2.05) is 91.9 Å². The predicted octanol–water partition coefficient (Wildman–Crippen LogP) is 5.46. The topological polar surface area (TPSA) is 63.6 Å². The summed E-state index contributed by atoms with van der Waals surface area (Å²) in [4.78, 5) is 17.6. The van der Waals surface area contributed by atoms with Crippen molar-refractivity contribution in [3.05, 3.63) is 107 Å². The van der Waals surface area contributed by atoms with Crippen molar-refractivity contribution in [2.75, 3.05) is 0 Å². The molecule has 6 heteroatoms. The Morgan fingerprint density at radius 2 is 1.77 bits per heavy atom. The van der Waals surface area contributed by atoms with Crippen LogP contribution in [0.5, 0.6) is 5.75 Å². The van der Waals surface area contributed by atoms with Gasteiger partial charge in [0.15, 0.2) is 0 Å². The van der Waals surface area contributed by atoms with Crippen LogP contribution in [-0.4, -0.2) is 17.1 Å². The molecule has 3 aromatic carbocycles. The minimum absolute atomic E-state index is 0.273. The Morgan fingerprint density at radius 3 is 2.55 bits per heavy atom. The predicted molar refractivity (Wildman–Crippen MR) is 125 cm³/mol. The average Bonchev–Trinajstić information content (AvgIpc) is 3.21. The first kappa shape index (κ1) is 20.5. The second kappa shape index (κ2) is 9.82. The van der Waals surface area contributed by atoms with Gasteiger partial charge in [0.2, 0.25) is 0 Å². The maximum absolute atomic E-state index is 12.5. The van der Waals surface area contributed by atoms with Gasteiger partial charge in [0, 0.05) is 5.56 Å². The molecule has 0 aliphatic heterocycles. The SMILES string of the molecule is Cc1nc(-c2ccccc2)sc1C(=O)N/N=C/c1cccc(OCc2ccccc2)c1. The Hall–Kier alpha value is -3.77. The van der Waals surface area contributed by atoms with E-state index in [0.29, 0.717) is 17.2 Å². The molecule has 0 fully saturated rings. The number of aryl methyl sites for hydroxylation is 1. The van der Waals surface area contributed by atoms with Crippen LogP contribution in [0.4, 0.5) is 0 Å². The number of rotatable bonds is 7. The molecule has 0 spiro atoms. The second-order valence-electron chi connectivity index (χ2n) is 6.85. The molecule has 0 bridgehead atoms. The zero-order valence-electron chi connectivity index (χ0n) is 17.0. The molecule has 1 heterocycles. The fraction of sp³-hybridized carbons (Fsp3) is 0.0800. The maximum Gasteiger partial charge on any atom is 0.283 e. The van der Waals surface area contributed by atoms with Gasteiger partial charge in [0.25, 0.3) is 5.91 Å². The molecular weight excluding hydrogens is 406 g/mol. The minimum atomic E-state index is -0.273. The lowest BCUT2D eigenvalue weighted by atomic mass is 10.2. The number of hydrazone groups is 1. The van der Waals surface area contributed by atoms with Crippen LogP contribution in [-0.2, 0) is 6.61 Å². The monoisotopic (exact) mass is 427 g/mol. The molecule has 0 aliphatic rings. The average molecular weight is 428 g/mol. The van der Waals surface area contributed by atoms with Crippen LogP contribution in [0.25, 0.3) is 10.6 Å². The Bertz CT molecular complexity index is 1190. The van der Waals surface area contributed by atoms with Gasteiger partial charge in [-0.25, -0.2) is 10.4 Å². The van der Waals surface area contributed by atoms with Gasteiger partial charge in [-0.2, -0.15) is 5.10 Å². The lowest BCUT2D eigenvalue weighted by Gasteiger charge is -2.06. The van der Waals surface area contributed by atoms with Crippen LogP contribution in [0.15, 0.2) is 90.0 Å². The number of amides is 1. The Morgan fingerprint density at radius 1 is 1.03 bits per heavy atom. The molecule has 4 aromatic rings. The Balaban J connectivity index is 1.37.